The van der Waals surface area contributed by atoms with Gasteiger partial charge in [-0.15, -0.1) is 0 Å². The van der Waals surface area contributed by atoms with E-state index in [9.17, 15) is 14.7 Å². The van der Waals surface area contributed by atoms with Gasteiger partial charge in [0.05, 0.1) is 24.0 Å². The Bertz CT molecular complexity index is 1900. The number of nitrogens with one attached hydrogen (secondary N) is 1. The first kappa shape index (κ1) is 29.4. The van der Waals surface area contributed by atoms with Gasteiger partial charge in [0.25, 0.3) is 5.56 Å². The predicted molar refractivity (Wildman–Crippen MR) is 168 cm³/mol. The number of benzene rings is 2. The summed E-state index contributed by atoms with van der Waals surface area (Å²) in [5, 5.41) is 18.7. The molecule has 0 radical (unpaired) electrons. The summed E-state index contributed by atoms with van der Waals surface area (Å²) in [6.07, 6.45) is 9.34. The molecule has 0 amide bonds. The first-order valence-corrected chi connectivity index (χ1v) is 16.0. The number of hydrogen-bond donors (Lipinski definition) is 2. The number of rotatable bonds is 9. The van der Waals surface area contributed by atoms with E-state index >= 15 is 0 Å². The van der Waals surface area contributed by atoms with Gasteiger partial charge in [0, 0.05) is 23.6 Å². The number of aryl methyl sites for hydroxylation is 1. The van der Waals surface area contributed by atoms with Crippen molar-refractivity contribution in [3.8, 4) is 22.5 Å². The molecule has 0 bridgehead atoms. The Kier molecular flexibility index (Phi) is 8.20. The lowest BCUT2D eigenvalue weighted by Crippen LogP contribution is -2.36. The Morgan fingerprint density at radius 3 is 2.47 bits per heavy atom. The molecule has 2 atom stereocenters. The SMILES string of the molecule is CCCc1c(Cc2ccc(-c3ccccc3-c3noc(=O)[nH]3)cc2)c(=O)n([C@H]2CC[C@H](O[C@@H]3CCC[C@@H]3O)CC2)c2ncnn12. The molecule has 0 aliphatic heterocycles. The van der Waals surface area contributed by atoms with Crippen LogP contribution < -0.4 is 11.3 Å². The first-order valence-electron chi connectivity index (χ1n) is 16.0. The van der Waals surface area contributed by atoms with E-state index < -0.39 is 5.76 Å². The summed E-state index contributed by atoms with van der Waals surface area (Å²) in [4.78, 5) is 33.1. The van der Waals surface area contributed by atoms with Gasteiger partial charge < -0.3 is 9.84 Å². The number of aromatic amines is 1. The molecule has 2 fully saturated rings. The number of ether oxygens (including phenoxy) is 1. The third kappa shape index (κ3) is 5.78. The number of H-pyrrole nitrogens is 1. The molecule has 5 aromatic rings. The number of aromatic nitrogens is 6. The van der Waals surface area contributed by atoms with Crippen LogP contribution in [0.1, 0.15) is 81.2 Å². The van der Waals surface area contributed by atoms with Gasteiger partial charge in [0.15, 0.2) is 5.82 Å². The second kappa shape index (κ2) is 12.6. The molecule has 3 aromatic heterocycles. The molecule has 45 heavy (non-hydrogen) atoms. The lowest BCUT2D eigenvalue weighted by molar-refractivity contribution is -0.0765. The van der Waals surface area contributed by atoms with Crippen molar-refractivity contribution in [3.63, 3.8) is 0 Å². The minimum Gasteiger partial charge on any atom is -0.390 e. The van der Waals surface area contributed by atoms with Crippen molar-refractivity contribution in [1.82, 2.24) is 29.3 Å². The van der Waals surface area contributed by atoms with Gasteiger partial charge in [-0.2, -0.15) is 10.1 Å². The van der Waals surface area contributed by atoms with Gasteiger partial charge in [0.2, 0.25) is 5.78 Å². The Morgan fingerprint density at radius 2 is 1.78 bits per heavy atom. The molecule has 0 saturated heterocycles. The number of aliphatic hydroxyl groups excluding tert-OH is 1. The highest BCUT2D eigenvalue weighted by Gasteiger charge is 2.32. The normalized spacial score (nSPS) is 21.9. The average Bonchev–Trinajstić information content (AvgIpc) is 3.82. The van der Waals surface area contributed by atoms with E-state index in [2.05, 4.69) is 27.1 Å². The molecule has 7 rings (SSSR count). The van der Waals surface area contributed by atoms with Crippen molar-refractivity contribution in [3.05, 3.63) is 92.6 Å². The molecule has 2 aliphatic carbocycles. The van der Waals surface area contributed by atoms with Crippen molar-refractivity contribution in [2.75, 3.05) is 0 Å². The molecule has 0 unspecified atom stereocenters. The highest BCUT2D eigenvalue weighted by molar-refractivity contribution is 5.80. The second-order valence-electron chi connectivity index (χ2n) is 12.3. The fourth-order valence-electron chi connectivity index (χ4n) is 7.12. The number of hydrogen-bond acceptors (Lipinski definition) is 8. The molecule has 2 aliphatic rings. The van der Waals surface area contributed by atoms with Crippen LogP contribution in [-0.2, 0) is 17.6 Å². The zero-order valence-electron chi connectivity index (χ0n) is 25.4. The molecular weight excluding hydrogens is 572 g/mol. The zero-order valence-corrected chi connectivity index (χ0v) is 25.4. The smallest absolute Gasteiger partial charge is 0.390 e. The van der Waals surface area contributed by atoms with Crippen LogP contribution in [0.3, 0.4) is 0 Å². The number of nitrogens with zero attached hydrogens (tertiary/aromatic N) is 5. The summed E-state index contributed by atoms with van der Waals surface area (Å²) >= 11 is 0. The molecule has 3 heterocycles. The fourth-order valence-corrected chi connectivity index (χ4v) is 7.12. The molecule has 234 valence electrons. The minimum atomic E-state index is -0.599. The Balaban J connectivity index is 1.17. The summed E-state index contributed by atoms with van der Waals surface area (Å²) in [5.74, 6) is 0.376. The van der Waals surface area contributed by atoms with E-state index in [0.717, 1.165) is 91.3 Å². The largest absolute Gasteiger partial charge is 0.439 e. The van der Waals surface area contributed by atoms with Crippen molar-refractivity contribution in [1.29, 1.82) is 0 Å². The lowest BCUT2D eigenvalue weighted by Gasteiger charge is -2.32. The van der Waals surface area contributed by atoms with Crippen LogP contribution in [0, 0.1) is 0 Å². The first-order chi connectivity index (χ1) is 22.0. The summed E-state index contributed by atoms with van der Waals surface area (Å²) in [6, 6.07) is 15.8. The van der Waals surface area contributed by atoms with E-state index in [-0.39, 0.29) is 29.9 Å². The van der Waals surface area contributed by atoms with Gasteiger partial charge in [-0.05, 0) is 68.1 Å². The molecule has 2 N–H and O–H groups in total. The van der Waals surface area contributed by atoms with Crippen molar-refractivity contribution in [2.24, 2.45) is 0 Å². The predicted octanol–water partition coefficient (Wildman–Crippen LogP) is 4.86. The van der Waals surface area contributed by atoms with Crippen LogP contribution in [-0.4, -0.2) is 52.7 Å². The fraction of sp³-hybridized carbons (Fsp3) is 0.441. The third-order valence-corrected chi connectivity index (χ3v) is 9.38. The van der Waals surface area contributed by atoms with E-state index in [4.69, 9.17) is 9.26 Å². The van der Waals surface area contributed by atoms with Gasteiger partial charge >= 0.3 is 5.76 Å². The highest BCUT2D eigenvalue weighted by Crippen LogP contribution is 2.34. The summed E-state index contributed by atoms with van der Waals surface area (Å²) in [7, 11) is 0. The van der Waals surface area contributed by atoms with E-state index in [1.165, 1.54) is 0 Å². The summed E-state index contributed by atoms with van der Waals surface area (Å²) in [5.41, 5.74) is 5.30. The lowest BCUT2D eigenvalue weighted by atomic mass is 9.92. The highest BCUT2D eigenvalue weighted by atomic mass is 16.5. The van der Waals surface area contributed by atoms with Gasteiger partial charge in [-0.3, -0.25) is 18.9 Å². The third-order valence-electron chi connectivity index (χ3n) is 9.38. The van der Waals surface area contributed by atoms with E-state index in [1.54, 1.807) is 6.33 Å². The van der Waals surface area contributed by atoms with Gasteiger partial charge in [-0.25, -0.2) is 9.31 Å². The quantitative estimate of drug-likeness (QED) is 0.241. The van der Waals surface area contributed by atoms with E-state index in [0.29, 0.717) is 18.0 Å². The number of fused-ring (bicyclic) bond motifs is 1. The van der Waals surface area contributed by atoms with Crippen molar-refractivity contribution >= 4 is 5.78 Å². The van der Waals surface area contributed by atoms with Crippen LogP contribution in [0.4, 0.5) is 0 Å². The maximum Gasteiger partial charge on any atom is 0.439 e. The van der Waals surface area contributed by atoms with Crippen molar-refractivity contribution < 1.29 is 14.4 Å². The number of aliphatic hydroxyl groups is 1. The van der Waals surface area contributed by atoms with Crippen LogP contribution >= 0.6 is 0 Å². The Hall–Kier alpha value is -4.35. The molecule has 2 aromatic carbocycles. The summed E-state index contributed by atoms with van der Waals surface area (Å²) in [6.45, 7) is 2.11. The standard InChI is InChI=1S/C34H38N6O5/c1-2-6-28-27(19-21-11-13-22(14-12-21)25-7-3-4-8-26(25)31-37-34(43)45-38-31)32(42)39(33-35-20-36-40(28)33)23-15-17-24(18-16-23)44-30-10-5-9-29(30)41/h3-4,7-8,11-14,20,23-24,29-30,41H,2,5-6,9-10,15-19H2,1H3,(H,37,38,43)/t23-,24-,29-,30+/m0/s1. The Labute approximate surface area is 259 Å². The van der Waals surface area contributed by atoms with E-state index in [1.807, 2.05) is 57.6 Å². The molecule has 0 spiro atoms. The van der Waals surface area contributed by atoms with Crippen molar-refractivity contribution in [2.45, 2.75) is 95.5 Å². The molecule has 2 saturated carbocycles. The average molecular weight is 611 g/mol. The maximum absolute atomic E-state index is 14.3. The topological polar surface area (TPSA) is 141 Å². The van der Waals surface area contributed by atoms with Crippen LogP contribution in [0.2, 0.25) is 0 Å². The Morgan fingerprint density at radius 1 is 1.00 bits per heavy atom. The molecule has 11 heteroatoms. The molecule has 11 nitrogen and oxygen atoms in total. The van der Waals surface area contributed by atoms with Crippen LogP contribution in [0.5, 0.6) is 0 Å². The zero-order chi connectivity index (χ0) is 30.9. The second-order valence-corrected chi connectivity index (χ2v) is 12.3. The van der Waals surface area contributed by atoms with Gasteiger partial charge in [-0.1, -0.05) is 67.0 Å². The summed E-state index contributed by atoms with van der Waals surface area (Å²) < 4.78 is 14.7. The maximum atomic E-state index is 14.3. The molecular formula is C34H38N6O5. The van der Waals surface area contributed by atoms with Gasteiger partial charge in [0.1, 0.15) is 6.33 Å². The minimum absolute atomic E-state index is 0.000979. The van der Waals surface area contributed by atoms with Crippen LogP contribution in [0.15, 0.2) is 69.0 Å². The van der Waals surface area contributed by atoms with Crippen LogP contribution in [0.25, 0.3) is 28.3 Å². The monoisotopic (exact) mass is 610 g/mol.